The van der Waals surface area contributed by atoms with Gasteiger partial charge in [-0.25, -0.2) is 0 Å². The maximum Gasteiger partial charge on any atom is 0.0909 e. The average molecular weight is 408 g/mol. The summed E-state index contributed by atoms with van der Waals surface area (Å²) >= 11 is 0. The summed E-state index contributed by atoms with van der Waals surface area (Å²) in [5, 5.41) is 3.73. The second kappa shape index (κ2) is 10.1. The molecule has 1 saturated heterocycles. The normalized spacial score (nSPS) is 27.3. The van der Waals surface area contributed by atoms with Gasteiger partial charge < -0.3 is 9.47 Å². The van der Waals surface area contributed by atoms with Gasteiger partial charge in [-0.3, -0.25) is 0 Å². The highest BCUT2D eigenvalue weighted by molar-refractivity contribution is 5.45. The number of ether oxygens (including phenoxy) is 2. The van der Waals surface area contributed by atoms with Crippen molar-refractivity contribution in [3.05, 3.63) is 75.7 Å². The summed E-state index contributed by atoms with van der Waals surface area (Å²) in [4.78, 5) is 2.90. The van der Waals surface area contributed by atoms with Crippen molar-refractivity contribution in [2.45, 2.75) is 71.9 Å². The monoisotopic (exact) mass is 407 g/mol. The molecule has 5 heteroatoms. The highest BCUT2D eigenvalue weighted by Gasteiger charge is 2.44. The first-order valence-electron chi connectivity index (χ1n) is 10.9. The number of aryl methyl sites for hydroxylation is 1. The molecule has 6 atom stereocenters. The SMILES string of the molecule is CCC1O[C@H]([C@H](C)c2ccc(N=[N+]=[N-])cc2C)C(OCc2ccccc2)[C@@H](C)[C@@H]1C. The predicted molar refractivity (Wildman–Crippen MR) is 121 cm³/mol. The van der Waals surface area contributed by atoms with Gasteiger partial charge in [0, 0.05) is 16.5 Å². The Morgan fingerprint density at radius 3 is 2.50 bits per heavy atom. The van der Waals surface area contributed by atoms with E-state index in [1.807, 2.05) is 30.3 Å². The molecule has 1 aliphatic rings. The minimum Gasteiger partial charge on any atom is -0.371 e. The summed E-state index contributed by atoms with van der Waals surface area (Å²) < 4.78 is 13.2. The fraction of sp³-hybridized carbons (Fsp3) is 0.520. The van der Waals surface area contributed by atoms with Crippen LogP contribution in [0.4, 0.5) is 5.69 Å². The number of rotatable bonds is 7. The lowest BCUT2D eigenvalue weighted by molar-refractivity contribution is -0.197. The van der Waals surface area contributed by atoms with Gasteiger partial charge in [0.15, 0.2) is 0 Å². The van der Waals surface area contributed by atoms with E-state index in [1.54, 1.807) is 0 Å². The van der Waals surface area contributed by atoms with Crippen molar-refractivity contribution in [1.29, 1.82) is 0 Å². The van der Waals surface area contributed by atoms with Gasteiger partial charge in [-0.15, -0.1) is 0 Å². The molecule has 160 valence electrons. The van der Waals surface area contributed by atoms with Crippen LogP contribution in [0.25, 0.3) is 10.4 Å². The first-order valence-corrected chi connectivity index (χ1v) is 10.9. The van der Waals surface area contributed by atoms with Crippen molar-refractivity contribution in [2.24, 2.45) is 17.0 Å². The summed E-state index contributed by atoms with van der Waals surface area (Å²) in [5.41, 5.74) is 12.8. The van der Waals surface area contributed by atoms with Crippen molar-refractivity contribution >= 4 is 5.69 Å². The van der Waals surface area contributed by atoms with Crippen LogP contribution in [0.2, 0.25) is 0 Å². The van der Waals surface area contributed by atoms with Gasteiger partial charge in [0.25, 0.3) is 0 Å². The molecule has 5 nitrogen and oxygen atoms in total. The summed E-state index contributed by atoms with van der Waals surface area (Å²) in [6.45, 7) is 11.6. The van der Waals surface area contributed by atoms with Crippen LogP contribution in [0.1, 0.15) is 56.7 Å². The Bertz CT molecular complexity index is 879. The van der Waals surface area contributed by atoms with E-state index in [-0.39, 0.29) is 24.2 Å². The highest BCUT2D eigenvalue weighted by Crippen LogP contribution is 2.40. The molecule has 30 heavy (non-hydrogen) atoms. The zero-order chi connectivity index (χ0) is 21.7. The molecule has 0 saturated carbocycles. The molecule has 1 heterocycles. The maximum absolute atomic E-state index is 8.71. The van der Waals surface area contributed by atoms with E-state index >= 15 is 0 Å². The van der Waals surface area contributed by atoms with E-state index in [2.05, 4.69) is 62.8 Å². The second-order valence-corrected chi connectivity index (χ2v) is 8.55. The van der Waals surface area contributed by atoms with Gasteiger partial charge in [-0.2, -0.15) is 0 Å². The van der Waals surface area contributed by atoms with Crippen molar-refractivity contribution in [2.75, 3.05) is 0 Å². The fourth-order valence-electron chi connectivity index (χ4n) is 4.69. The van der Waals surface area contributed by atoms with Crippen LogP contribution in [-0.2, 0) is 16.1 Å². The predicted octanol–water partition coefficient (Wildman–Crippen LogP) is 7.08. The van der Waals surface area contributed by atoms with E-state index in [1.165, 1.54) is 11.1 Å². The molecule has 1 aliphatic heterocycles. The number of hydrogen-bond acceptors (Lipinski definition) is 3. The molecule has 0 aromatic heterocycles. The summed E-state index contributed by atoms with van der Waals surface area (Å²) in [6.07, 6.45) is 1.20. The number of azide groups is 1. The molecule has 0 radical (unpaired) electrons. The lowest BCUT2D eigenvalue weighted by atomic mass is 9.76. The van der Waals surface area contributed by atoms with Crippen LogP contribution in [0.3, 0.4) is 0 Å². The Morgan fingerprint density at radius 1 is 1.13 bits per heavy atom. The average Bonchev–Trinajstić information content (AvgIpc) is 2.75. The van der Waals surface area contributed by atoms with E-state index < -0.39 is 0 Å². The van der Waals surface area contributed by atoms with Gasteiger partial charge in [-0.05, 0) is 53.5 Å². The molecule has 3 rings (SSSR count). The maximum atomic E-state index is 8.71. The summed E-state index contributed by atoms with van der Waals surface area (Å²) in [7, 11) is 0. The first kappa shape index (κ1) is 22.4. The van der Waals surface area contributed by atoms with E-state index in [4.69, 9.17) is 15.0 Å². The van der Waals surface area contributed by atoms with Crippen molar-refractivity contribution in [3.63, 3.8) is 0 Å². The van der Waals surface area contributed by atoms with Crippen molar-refractivity contribution in [1.82, 2.24) is 0 Å². The fourth-order valence-corrected chi connectivity index (χ4v) is 4.69. The van der Waals surface area contributed by atoms with Gasteiger partial charge in [0.1, 0.15) is 0 Å². The van der Waals surface area contributed by atoms with Crippen LogP contribution >= 0.6 is 0 Å². The Hall–Kier alpha value is -2.33. The Morgan fingerprint density at radius 2 is 1.87 bits per heavy atom. The standard InChI is InChI=1S/C25H33N3O2/c1-6-23-17(3)18(4)24(29-15-20-10-8-7-9-11-20)25(30-23)19(5)22-13-12-21(27-28-26)14-16(22)2/h7-14,17-19,23-25H,6,15H2,1-5H3/t17-,18-,19+,23?,24?,25+/m0/s1. The molecular weight excluding hydrogens is 374 g/mol. The third kappa shape index (κ3) is 4.86. The molecule has 0 aliphatic carbocycles. The van der Waals surface area contributed by atoms with Crippen LogP contribution in [0.15, 0.2) is 53.6 Å². The lowest BCUT2D eigenvalue weighted by Crippen LogP contribution is -2.52. The molecule has 0 bridgehead atoms. The molecule has 2 unspecified atom stereocenters. The van der Waals surface area contributed by atoms with Gasteiger partial charge in [-0.1, -0.05) is 75.3 Å². The molecule has 0 amide bonds. The number of nitrogens with zero attached hydrogens (tertiary/aromatic N) is 3. The molecule has 2 aromatic rings. The molecule has 0 spiro atoms. The first-order chi connectivity index (χ1) is 14.5. The smallest absolute Gasteiger partial charge is 0.0909 e. The molecule has 1 fully saturated rings. The summed E-state index contributed by atoms with van der Waals surface area (Å²) in [6, 6.07) is 16.2. The van der Waals surface area contributed by atoms with Crippen LogP contribution in [0.5, 0.6) is 0 Å². The number of hydrogen-bond donors (Lipinski definition) is 0. The Balaban J connectivity index is 1.87. The third-order valence-electron chi connectivity index (χ3n) is 6.67. The van der Waals surface area contributed by atoms with Gasteiger partial charge >= 0.3 is 0 Å². The van der Waals surface area contributed by atoms with E-state index in [0.717, 1.165) is 12.0 Å². The largest absolute Gasteiger partial charge is 0.371 e. The van der Waals surface area contributed by atoms with Crippen LogP contribution in [-0.4, -0.2) is 18.3 Å². The lowest BCUT2D eigenvalue weighted by Gasteiger charge is -2.47. The van der Waals surface area contributed by atoms with Crippen LogP contribution < -0.4 is 0 Å². The zero-order valence-corrected chi connectivity index (χ0v) is 18.7. The Labute approximate surface area is 180 Å². The third-order valence-corrected chi connectivity index (χ3v) is 6.67. The second-order valence-electron chi connectivity index (χ2n) is 8.55. The number of benzene rings is 2. The summed E-state index contributed by atoms with van der Waals surface area (Å²) in [5.74, 6) is 0.991. The van der Waals surface area contributed by atoms with Gasteiger partial charge in [0.2, 0.25) is 0 Å². The Kier molecular flexibility index (Phi) is 7.54. The zero-order valence-electron chi connectivity index (χ0n) is 18.7. The van der Waals surface area contributed by atoms with Crippen LogP contribution in [0, 0.1) is 18.8 Å². The van der Waals surface area contributed by atoms with Crippen molar-refractivity contribution in [3.8, 4) is 0 Å². The molecule has 2 aromatic carbocycles. The quantitative estimate of drug-likeness (QED) is 0.280. The molecular formula is C25H33N3O2. The highest BCUT2D eigenvalue weighted by atomic mass is 16.6. The van der Waals surface area contributed by atoms with Crippen molar-refractivity contribution < 1.29 is 9.47 Å². The van der Waals surface area contributed by atoms with E-state index in [0.29, 0.717) is 24.1 Å². The minimum atomic E-state index is -0.0334. The molecule has 0 N–H and O–H groups in total. The van der Waals surface area contributed by atoms with E-state index in [9.17, 15) is 0 Å². The topological polar surface area (TPSA) is 67.2 Å². The minimum absolute atomic E-state index is 0.00853. The van der Waals surface area contributed by atoms with Gasteiger partial charge in [0.05, 0.1) is 24.9 Å².